The number of aromatic nitrogens is 4. The van der Waals surface area contributed by atoms with Crippen molar-refractivity contribution in [2.75, 3.05) is 0 Å². The summed E-state index contributed by atoms with van der Waals surface area (Å²) in [5.74, 6) is 1.23. The highest BCUT2D eigenvalue weighted by Gasteiger charge is 2.20. The number of hydrogen-bond donors (Lipinski definition) is 1. The highest BCUT2D eigenvalue weighted by Crippen LogP contribution is 2.30. The number of H-pyrrole nitrogens is 1. The average Bonchev–Trinajstić information content (AvgIpc) is 3.38. The SMILES string of the molecule is CCCCc1nc(C)n(CC2CCCCC2)c(=O)c1Cc1ccc(-c2ccccc2-c2noc(=O)[nH]2)cc1.Cl. The molecule has 5 rings (SSSR count). The van der Waals surface area contributed by atoms with Gasteiger partial charge in [0.2, 0.25) is 0 Å². The third-order valence-corrected chi connectivity index (χ3v) is 7.74. The lowest BCUT2D eigenvalue weighted by molar-refractivity contribution is 0.311. The van der Waals surface area contributed by atoms with Crippen LogP contribution in [0.5, 0.6) is 0 Å². The van der Waals surface area contributed by atoms with E-state index < -0.39 is 5.76 Å². The van der Waals surface area contributed by atoms with Gasteiger partial charge in [0, 0.05) is 24.1 Å². The van der Waals surface area contributed by atoms with Crippen LogP contribution < -0.4 is 11.3 Å². The topological polar surface area (TPSA) is 93.8 Å². The quantitative estimate of drug-likeness (QED) is 0.258. The number of aryl methyl sites for hydroxylation is 2. The van der Waals surface area contributed by atoms with E-state index in [2.05, 4.69) is 41.3 Å². The van der Waals surface area contributed by atoms with Crippen molar-refractivity contribution in [3.8, 4) is 22.5 Å². The highest BCUT2D eigenvalue weighted by atomic mass is 35.5. The predicted molar refractivity (Wildman–Crippen MR) is 156 cm³/mol. The van der Waals surface area contributed by atoms with E-state index in [1.165, 1.54) is 32.1 Å². The highest BCUT2D eigenvalue weighted by molar-refractivity contribution is 5.85. The Balaban J connectivity index is 0.00000353. The van der Waals surface area contributed by atoms with Gasteiger partial charge in [-0.05, 0) is 55.2 Å². The van der Waals surface area contributed by atoms with Gasteiger partial charge in [-0.25, -0.2) is 9.78 Å². The molecule has 1 aliphatic carbocycles. The Bertz CT molecular complexity index is 1500. The molecule has 0 bridgehead atoms. The summed E-state index contributed by atoms with van der Waals surface area (Å²) in [5, 5.41) is 3.86. The fourth-order valence-electron chi connectivity index (χ4n) is 5.62. The molecule has 39 heavy (non-hydrogen) atoms. The number of aromatic amines is 1. The largest absolute Gasteiger partial charge is 0.439 e. The molecule has 0 atom stereocenters. The summed E-state index contributed by atoms with van der Waals surface area (Å²) in [7, 11) is 0. The minimum absolute atomic E-state index is 0. The molecule has 0 unspecified atom stereocenters. The minimum Gasteiger partial charge on any atom is -0.296 e. The third-order valence-electron chi connectivity index (χ3n) is 7.74. The first kappa shape index (κ1) is 28.6. The van der Waals surface area contributed by atoms with Crippen LogP contribution in [0.25, 0.3) is 22.5 Å². The van der Waals surface area contributed by atoms with Gasteiger partial charge in [0.25, 0.3) is 5.56 Å². The smallest absolute Gasteiger partial charge is 0.296 e. The maximum Gasteiger partial charge on any atom is 0.439 e. The fraction of sp³-hybridized carbons (Fsp3) is 0.419. The lowest BCUT2D eigenvalue weighted by Crippen LogP contribution is -2.32. The van der Waals surface area contributed by atoms with E-state index in [1.807, 2.05) is 35.8 Å². The molecule has 0 amide bonds. The Morgan fingerprint density at radius 1 is 1.00 bits per heavy atom. The molecule has 4 aromatic rings. The molecule has 0 spiro atoms. The number of halogens is 1. The Morgan fingerprint density at radius 2 is 1.72 bits per heavy atom. The van der Waals surface area contributed by atoms with E-state index in [-0.39, 0.29) is 18.0 Å². The Morgan fingerprint density at radius 3 is 2.38 bits per heavy atom. The molecular formula is C31H37ClN4O3. The van der Waals surface area contributed by atoms with Gasteiger partial charge < -0.3 is 0 Å². The number of unbranched alkanes of at least 4 members (excludes halogenated alkanes) is 1. The van der Waals surface area contributed by atoms with Crippen LogP contribution in [0.4, 0.5) is 0 Å². The maximum atomic E-state index is 13.8. The molecule has 2 aromatic heterocycles. The summed E-state index contributed by atoms with van der Waals surface area (Å²) in [6.45, 7) is 4.93. The summed E-state index contributed by atoms with van der Waals surface area (Å²) >= 11 is 0. The molecule has 1 aliphatic rings. The van der Waals surface area contributed by atoms with Gasteiger partial charge in [-0.2, -0.15) is 0 Å². The number of nitrogens with one attached hydrogen (secondary N) is 1. The number of hydrogen-bond acceptors (Lipinski definition) is 5. The van der Waals surface area contributed by atoms with Gasteiger partial charge in [0.15, 0.2) is 5.82 Å². The van der Waals surface area contributed by atoms with Crippen LogP contribution in [0, 0.1) is 12.8 Å². The Labute approximate surface area is 235 Å². The van der Waals surface area contributed by atoms with E-state index in [4.69, 9.17) is 9.51 Å². The monoisotopic (exact) mass is 548 g/mol. The van der Waals surface area contributed by atoms with Crippen molar-refractivity contribution in [1.82, 2.24) is 19.7 Å². The van der Waals surface area contributed by atoms with Crippen molar-refractivity contribution >= 4 is 12.4 Å². The molecule has 0 radical (unpaired) electrons. The molecule has 1 N–H and O–H groups in total. The molecule has 1 fully saturated rings. The Hall–Kier alpha value is -3.45. The number of rotatable bonds is 9. The van der Waals surface area contributed by atoms with Crippen molar-refractivity contribution in [3.05, 3.63) is 92.1 Å². The molecule has 0 saturated heterocycles. The summed E-state index contributed by atoms with van der Waals surface area (Å²) in [5.41, 5.74) is 5.70. The first-order valence-corrected chi connectivity index (χ1v) is 13.9. The zero-order valence-electron chi connectivity index (χ0n) is 22.7. The van der Waals surface area contributed by atoms with Crippen molar-refractivity contribution in [2.45, 2.75) is 78.2 Å². The first-order chi connectivity index (χ1) is 18.5. The van der Waals surface area contributed by atoms with E-state index >= 15 is 0 Å². The average molecular weight is 549 g/mol. The van der Waals surface area contributed by atoms with Crippen LogP contribution in [0.3, 0.4) is 0 Å². The lowest BCUT2D eigenvalue weighted by atomic mass is 9.89. The van der Waals surface area contributed by atoms with Crippen molar-refractivity contribution < 1.29 is 4.52 Å². The lowest BCUT2D eigenvalue weighted by Gasteiger charge is -2.24. The van der Waals surface area contributed by atoms with E-state index in [0.29, 0.717) is 18.2 Å². The van der Waals surface area contributed by atoms with Gasteiger partial charge in [0.1, 0.15) is 5.82 Å². The zero-order valence-corrected chi connectivity index (χ0v) is 23.6. The number of nitrogens with zero attached hydrogens (tertiary/aromatic N) is 3. The second-order valence-electron chi connectivity index (χ2n) is 10.5. The molecule has 2 heterocycles. The van der Waals surface area contributed by atoms with Crippen molar-refractivity contribution in [1.29, 1.82) is 0 Å². The molecule has 7 nitrogen and oxygen atoms in total. The third kappa shape index (κ3) is 6.59. The first-order valence-electron chi connectivity index (χ1n) is 13.9. The van der Waals surface area contributed by atoms with E-state index in [9.17, 15) is 9.59 Å². The van der Waals surface area contributed by atoms with Crippen LogP contribution in [-0.4, -0.2) is 19.7 Å². The summed E-state index contributed by atoms with van der Waals surface area (Å²) in [4.78, 5) is 32.9. The van der Waals surface area contributed by atoms with Crippen LogP contribution in [0.1, 0.15) is 74.5 Å². The van der Waals surface area contributed by atoms with Gasteiger partial charge in [-0.3, -0.25) is 18.9 Å². The van der Waals surface area contributed by atoms with Crippen LogP contribution >= 0.6 is 12.4 Å². The summed E-state index contributed by atoms with van der Waals surface area (Å²) in [6.07, 6.45) is 9.70. The second-order valence-corrected chi connectivity index (χ2v) is 10.5. The van der Waals surface area contributed by atoms with Crippen LogP contribution in [0.2, 0.25) is 0 Å². The molecule has 0 aliphatic heterocycles. The van der Waals surface area contributed by atoms with E-state index in [0.717, 1.165) is 65.1 Å². The van der Waals surface area contributed by atoms with Crippen molar-refractivity contribution in [2.24, 2.45) is 5.92 Å². The fourth-order valence-corrected chi connectivity index (χ4v) is 5.62. The van der Waals surface area contributed by atoms with Gasteiger partial charge in [0.05, 0.1) is 5.69 Å². The van der Waals surface area contributed by atoms with E-state index in [1.54, 1.807) is 0 Å². The predicted octanol–water partition coefficient (Wildman–Crippen LogP) is 6.50. The molecular weight excluding hydrogens is 512 g/mol. The molecule has 2 aromatic carbocycles. The summed E-state index contributed by atoms with van der Waals surface area (Å²) in [6, 6.07) is 16.0. The number of benzene rings is 2. The van der Waals surface area contributed by atoms with Gasteiger partial charge >= 0.3 is 5.76 Å². The van der Waals surface area contributed by atoms with Crippen LogP contribution in [-0.2, 0) is 19.4 Å². The molecule has 1 saturated carbocycles. The normalized spacial score (nSPS) is 13.8. The molecule has 206 valence electrons. The maximum absolute atomic E-state index is 13.8. The second kappa shape index (κ2) is 13.1. The standard InChI is InChI=1S/C31H36N4O3.ClH/c1-3-4-14-28-27(30(36)35(21(2)32-28)20-23-10-6-5-7-11-23)19-22-15-17-24(18-16-22)25-12-8-9-13-26(25)29-33-31(37)38-34-29;/h8-9,12-13,15-18,23H,3-7,10-11,14,19-20H2,1-2H3,(H,33,34,37);1H. The van der Waals surface area contributed by atoms with Gasteiger partial charge in [-0.1, -0.05) is 86.3 Å². The zero-order chi connectivity index (χ0) is 26.5. The van der Waals surface area contributed by atoms with Crippen molar-refractivity contribution in [3.63, 3.8) is 0 Å². The minimum atomic E-state index is -0.579. The van der Waals surface area contributed by atoms with Gasteiger partial charge in [-0.15, -0.1) is 12.4 Å². The summed E-state index contributed by atoms with van der Waals surface area (Å²) < 4.78 is 6.65. The van der Waals surface area contributed by atoms with Crippen LogP contribution in [0.15, 0.2) is 62.6 Å². The molecule has 8 heteroatoms. The Kier molecular flexibility index (Phi) is 9.57.